The van der Waals surface area contributed by atoms with Crippen molar-refractivity contribution in [3.05, 3.63) is 28.8 Å². The molecule has 0 radical (unpaired) electrons. The molecular weight excluding hydrogens is 262 g/mol. The van der Waals surface area contributed by atoms with Crippen LogP contribution >= 0.6 is 11.6 Å². The van der Waals surface area contributed by atoms with Crippen LogP contribution in [0.1, 0.15) is 38.9 Å². The number of methoxy groups -OCH3 is 1. The number of benzene rings is 1. The predicted octanol–water partition coefficient (Wildman–Crippen LogP) is 3.64. The Morgan fingerprint density at radius 3 is 2.53 bits per heavy atom. The van der Waals surface area contributed by atoms with Crippen LogP contribution < -0.4 is 4.90 Å². The maximum Gasteiger partial charge on any atom is 0.0762 e. The number of hydrogen-bond donors (Lipinski definition) is 1. The lowest BCUT2D eigenvalue weighted by atomic mass is 10.1. The van der Waals surface area contributed by atoms with Crippen molar-refractivity contribution in [3.63, 3.8) is 0 Å². The Morgan fingerprint density at radius 2 is 2.05 bits per heavy atom. The van der Waals surface area contributed by atoms with Crippen LogP contribution in [0, 0.1) is 0 Å². The molecule has 0 aliphatic heterocycles. The average Bonchev–Trinajstić information content (AvgIpc) is 2.39. The van der Waals surface area contributed by atoms with Crippen LogP contribution in [0.3, 0.4) is 0 Å². The van der Waals surface area contributed by atoms with Crippen molar-refractivity contribution >= 4 is 17.3 Å². The predicted molar refractivity (Wildman–Crippen MR) is 81.1 cm³/mol. The van der Waals surface area contributed by atoms with Crippen molar-refractivity contribution < 1.29 is 9.84 Å². The molecule has 0 bridgehead atoms. The van der Waals surface area contributed by atoms with Crippen LogP contribution in [0.4, 0.5) is 5.69 Å². The van der Waals surface area contributed by atoms with Crippen molar-refractivity contribution in [2.24, 2.45) is 0 Å². The Balaban J connectivity index is 3.01. The van der Waals surface area contributed by atoms with Gasteiger partial charge in [-0.2, -0.15) is 0 Å². The summed E-state index contributed by atoms with van der Waals surface area (Å²) in [6, 6.07) is 6.13. The highest BCUT2D eigenvalue weighted by molar-refractivity contribution is 6.33. The Bertz CT molecular complexity index is 396. The van der Waals surface area contributed by atoms with Crippen LogP contribution in [0.5, 0.6) is 0 Å². The summed E-state index contributed by atoms with van der Waals surface area (Å²) in [7, 11) is 1.70. The molecule has 0 fully saturated rings. The third-order valence-corrected chi connectivity index (χ3v) is 3.73. The molecule has 19 heavy (non-hydrogen) atoms. The summed E-state index contributed by atoms with van der Waals surface area (Å²) in [6.07, 6.45) is 0.542. The molecule has 1 aromatic carbocycles. The molecule has 0 heterocycles. The summed E-state index contributed by atoms with van der Waals surface area (Å²) in [6.45, 7) is 7.54. The SMILES string of the molecule is CCC(C)N(CCOC)c1ccc([C@H](C)O)cc1Cl. The number of aliphatic hydroxyl groups is 1. The minimum atomic E-state index is -0.498. The van der Waals surface area contributed by atoms with Gasteiger partial charge in [-0.15, -0.1) is 0 Å². The van der Waals surface area contributed by atoms with Crippen LogP contribution in [0.15, 0.2) is 18.2 Å². The molecule has 0 saturated carbocycles. The molecule has 3 nitrogen and oxygen atoms in total. The van der Waals surface area contributed by atoms with Gasteiger partial charge in [-0.05, 0) is 38.0 Å². The molecule has 0 spiro atoms. The molecule has 0 aromatic heterocycles. The summed E-state index contributed by atoms with van der Waals surface area (Å²) in [5.41, 5.74) is 1.84. The number of rotatable bonds is 7. The molecule has 1 N–H and O–H groups in total. The zero-order valence-corrected chi connectivity index (χ0v) is 12.9. The van der Waals surface area contributed by atoms with Crippen molar-refractivity contribution in [3.8, 4) is 0 Å². The Labute approximate surface area is 121 Å². The van der Waals surface area contributed by atoms with Gasteiger partial charge in [0.2, 0.25) is 0 Å². The highest BCUT2D eigenvalue weighted by Crippen LogP contribution is 2.30. The molecule has 1 aromatic rings. The topological polar surface area (TPSA) is 32.7 Å². The second-order valence-electron chi connectivity index (χ2n) is 4.83. The Hall–Kier alpha value is -0.770. The first kappa shape index (κ1) is 16.3. The van der Waals surface area contributed by atoms with Gasteiger partial charge in [0.15, 0.2) is 0 Å². The largest absolute Gasteiger partial charge is 0.389 e. The molecule has 2 atom stereocenters. The summed E-state index contributed by atoms with van der Waals surface area (Å²) >= 11 is 6.35. The van der Waals surface area contributed by atoms with Crippen molar-refractivity contribution in [1.29, 1.82) is 0 Å². The van der Waals surface area contributed by atoms with Crippen molar-refractivity contribution in [1.82, 2.24) is 0 Å². The van der Waals surface area contributed by atoms with Gasteiger partial charge in [0.1, 0.15) is 0 Å². The van der Waals surface area contributed by atoms with E-state index in [9.17, 15) is 5.11 Å². The lowest BCUT2D eigenvalue weighted by molar-refractivity contribution is 0.199. The normalized spacial score (nSPS) is 14.2. The highest BCUT2D eigenvalue weighted by atomic mass is 35.5. The molecule has 108 valence electrons. The quantitative estimate of drug-likeness (QED) is 0.830. The van der Waals surface area contributed by atoms with Crippen molar-refractivity contribution in [2.75, 3.05) is 25.2 Å². The molecule has 4 heteroatoms. The number of ether oxygens (including phenoxy) is 1. The van der Waals surface area contributed by atoms with Crippen LogP contribution in [-0.4, -0.2) is 31.4 Å². The van der Waals surface area contributed by atoms with Gasteiger partial charge in [-0.3, -0.25) is 0 Å². The second-order valence-corrected chi connectivity index (χ2v) is 5.24. The van der Waals surface area contributed by atoms with E-state index in [0.29, 0.717) is 17.7 Å². The van der Waals surface area contributed by atoms with Gasteiger partial charge in [0.25, 0.3) is 0 Å². The van der Waals surface area contributed by atoms with E-state index >= 15 is 0 Å². The third-order valence-electron chi connectivity index (χ3n) is 3.42. The van der Waals surface area contributed by atoms with E-state index in [2.05, 4.69) is 18.7 Å². The standard InChI is InChI=1S/C15H24ClNO2/c1-5-11(2)17(8-9-19-4)15-7-6-13(12(3)18)10-14(15)16/h6-7,10-12,18H,5,8-9H2,1-4H3/t11?,12-/m0/s1. The van der Waals surface area contributed by atoms with Gasteiger partial charge in [-0.1, -0.05) is 24.6 Å². The van der Waals surface area contributed by atoms with Crippen LogP contribution in [0.25, 0.3) is 0 Å². The minimum absolute atomic E-state index is 0.394. The summed E-state index contributed by atoms with van der Waals surface area (Å²) in [5, 5.41) is 10.3. The monoisotopic (exact) mass is 285 g/mol. The fourth-order valence-corrected chi connectivity index (χ4v) is 2.30. The van der Waals surface area contributed by atoms with E-state index in [0.717, 1.165) is 24.2 Å². The molecule has 0 saturated heterocycles. The van der Waals surface area contributed by atoms with Gasteiger partial charge in [0, 0.05) is 19.7 Å². The van der Waals surface area contributed by atoms with Crippen LogP contribution in [0.2, 0.25) is 5.02 Å². The summed E-state index contributed by atoms with van der Waals surface area (Å²) < 4.78 is 5.17. The number of nitrogens with zero attached hydrogens (tertiary/aromatic N) is 1. The molecule has 1 unspecified atom stereocenters. The second kappa shape index (κ2) is 7.73. The average molecular weight is 286 g/mol. The number of aliphatic hydroxyl groups excluding tert-OH is 1. The van der Waals surface area contributed by atoms with Crippen LogP contribution in [-0.2, 0) is 4.74 Å². The van der Waals surface area contributed by atoms with E-state index in [4.69, 9.17) is 16.3 Å². The highest BCUT2D eigenvalue weighted by Gasteiger charge is 2.16. The lowest BCUT2D eigenvalue weighted by Gasteiger charge is -2.31. The smallest absolute Gasteiger partial charge is 0.0762 e. The first-order valence-electron chi connectivity index (χ1n) is 6.74. The molecular formula is C15H24ClNO2. The molecule has 0 amide bonds. The lowest BCUT2D eigenvalue weighted by Crippen LogP contribution is -2.35. The van der Waals surface area contributed by atoms with E-state index in [1.165, 1.54) is 0 Å². The van der Waals surface area contributed by atoms with E-state index in [-0.39, 0.29) is 0 Å². The fourth-order valence-electron chi connectivity index (χ4n) is 2.00. The van der Waals surface area contributed by atoms with Gasteiger partial charge in [0.05, 0.1) is 23.4 Å². The van der Waals surface area contributed by atoms with Gasteiger partial charge >= 0.3 is 0 Å². The third kappa shape index (κ3) is 4.37. The maximum absolute atomic E-state index is 9.58. The number of anilines is 1. The molecule has 0 aliphatic rings. The van der Waals surface area contributed by atoms with Gasteiger partial charge < -0.3 is 14.7 Å². The van der Waals surface area contributed by atoms with Gasteiger partial charge in [-0.25, -0.2) is 0 Å². The Morgan fingerprint density at radius 1 is 1.37 bits per heavy atom. The fraction of sp³-hybridized carbons (Fsp3) is 0.600. The van der Waals surface area contributed by atoms with E-state index in [1.54, 1.807) is 14.0 Å². The first-order chi connectivity index (χ1) is 9.01. The number of hydrogen-bond acceptors (Lipinski definition) is 3. The first-order valence-corrected chi connectivity index (χ1v) is 7.12. The molecule has 1 rings (SSSR count). The maximum atomic E-state index is 9.58. The van der Waals surface area contributed by atoms with E-state index < -0.39 is 6.10 Å². The van der Waals surface area contributed by atoms with Crippen molar-refractivity contribution in [2.45, 2.75) is 39.3 Å². The zero-order chi connectivity index (χ0) is 14.4. The minimum Gasteiger partial charge on any atom is -0.389 e. The number of halogens is 1. The van der Waals surface area contributed by atoms with E-state index in [1.807, 2.05) is 18.2 Å². The Kier molecular flexibility index (Phi) is 6.63. The summed E-state index contributed by atoms with van der Waals surface area (Å²) in [5.74, 6) is 0. The summed E-state index contributed by atoms with van der Waals surface area (Å²) in [4.78, 5) is 2.25. The molecule has 0 aliphatic carbocycles. The zero-order valence-electron chi connectivity index (χ0n) is 12.2.